The third-order valence-electron chi connectivity index (χ3n) is 6.31. The number of nitrogens with zero attached hydrogens (tertiary/aromatic N) is 3. The monoisotopic (exact) mass is 452 g/mol. The number of piperidine rings is 2. The molecule has 3 heterocycles. The number of benzene rings is 1. The van der Waals surface area contributed by atoms with Gasteiger partial charge in [-0.1, -0.05) is 17.7 Å². The molecule has 4 rings (SSSR count). The maximum atomic E-state index is 12.9. The number of carbonyl (C=O) groups is 2. The molecule has 0 aromatic heterocycles. The van der Waals surface area contributed by atoms with E-state index in [9.17, 15) is 18.0 Å². The maximum absolute atomic E-state index is 12.9. The van der Waals surface area contributed by atoms with Crippen molar-refractivity contribution in [2.75, 3.05) is 26.2 Å². The second-order valence-corrected chi connectivity index (χ2v) is 10.5. The van der Waals surface area contributed by atoms with Gasteiger partial charge in [0.15, 0.2) is 0 Å². The molecular weight excluding hydrogens is 428 g/mol. The molecule has 2 fully saturated rings. The molecule has 1 spiro atoms. The number of rotatable bonds is 3. The molecule has 0 unspecified atom stereocenters. The fraction of sp³-hybridized carbons (Fsp3) is 0.550. The lowest BCUT2D eigenvalue weighted by atomic mass is 9.89. The minimum Gasteiger partial charge on any atom is -0.343 e. The van der Waals surface area contributed by atoms with Crippen molar-refractivity contribution in [1.29, 1.82) is 0 Å². The van der Waals surface area contributed by atoms with Gasteiger partial charge >= 0.3 is 0 Å². The van der Waals surface area contributed by atoms with Gasteiger partial charge in [-0.25, -0.2) is 8.42 Å². The van der Waals surface area contributed by atoms with E-state index in [4.69, 9.17) is 16.6 Å². The van der Waals surface area contributed by atoms with E-state index in [0.29, 0.717) is 36.8 Å². The fourth-order valence-electron chi connectivity index (χ4n) is 4.41. The Labute approximate surface area is 181 Å². The van der Waals surface area contributed by atoms with Crippen molar-refractivity contribution in [2.24, 2.45) is 10.9 Å². The summed E-state index contributed by atoms with van der Waals surface area (Å²) in [6.45, 7) is 3.33. The van der Waals surface area contributed by atoms with E-state index >= 15 is 0 Å². The van der Waals surface area contributed by atoms with Crippen LogP contribution in [0.3, 0.4) is 0 Å². The van der Waals surface area contributed by atoms with Crippen molar-refractivity contribution in [3.05, 3.63) is 29.3 Å². The molecule has 0 bridgehead atoms. The first kappa shape index (κ1) is 21.3. The first-order chi connectivity index (χ1) is 14.2. The largest absolute Gasteiger partial charge is 0.343 e. The van der Waals surface area contributed by atoms with Crippen LogP contribution in [0.1, 0.15) is 32.6 Å². The highest BCUT2D eigenvalue weighted by molar-refractivity contribution is 7.89. The number of hydrogen-bond acceptors (Lipinski definition) is 5. The minimum atomic E-state index is -3.67. The summed E-state index contributed by atoms with van der Waals surface area (Å²) in [5, 5.41) is 3.31. The van der Waals surface area contributed by atoms with Crippen LogP contribution in [-0.2, 0) is 19.6 Å². The van der Waals surface area contributed by atoms with Crippen LogP contribution in [0, 0.1) is 5.92 Å². The van der Waals surface area contributed by atoms with Gasteiger partial charge in [0, 0.05) is 44.0 Å². The zero-order valence-electron chi connectivity index (χ0n) is 16.8. The Morgan fingerprint density at radius 1 is 1.20 bits per heavy atom. The lowest BCUT2D eigenvalue weighted by Crippen LogP contribution is -2.50. The fourth-order valence-corrected chi connectivity index (χ4v) is 6.16. The van der Waals surface area contributed by atoms with Crippen molar-refractivity contribution < 1.29 is 18.0 Å². The predicted octanol–water partition coefficient (Wildman–Crippen LogP) is 1.65. The Hall–Kier alpha value is -1.97. The second-order valence-electron chi connectivity index (χ2n) is 8.12. The predicted molar refractivity (Wildman–Crippen MR) is 113 cm³/mol. The Morgan fingerprint density at radius 2 is 1.87 bits per heavy atom. The van der Waals surface area contributed by atoms with Crippen molar-refractivity contribution in [2.45, 2.75) is 43.0 Å². The number of hydrogen-bond donors (Lipinski definition) is 1. The van der Waals surface area contributed by atoms with Gasteiger partial charge in [-0.15, -0.1) is 0 Å². The third-order valence-corrected chi connectivity index (χ3v) is 8.44. The molecule has 3 aliphatic heterocycles. The Morgan fingerprint density at radius 3 is 2.47 bits per heavy atom. The number of halogens is 1. The summed E-state index contributed by atoms with van der Waals surface area (Å²) in [5.74, 6) is 0.730. The zero-order chi connectivity index (χ0) is 21.5. The van der Waals surface area contributed by atoms with Gasteiger partial charge in [-0.3, -0.25) is 14.6 Å². The average Bonchev–Trinajstić information content (AvgIpc) is 3.04. The molecule has 2 saturated heterocycles. The highest BCUT2D eigenvalue weighted by Crippen LogP contribution is 2.34. The molecule has 8 nitrogen and oxygen atoms in total. The van der Waals surface area contributed by atoms with Gasteiger partial charge in [0.25, 0.3) is 5.91 Å². The molecule has 30 heavy (non-hydrogen) atoms. The number of nitrogens with one attached hydrogen (secondary N) is 1. The molecule has 0 atom stereocenters. The molecule has 0 saturated carbocycles. The Balaban J connectivity index is 1.45. The van der Waals surface area contributed by atoms with Crippen LogP contribution < -0.4 is 5.32 Å². The van der Waals surface area contributed by atoms with E-state index in [1.54, 1.807) is 19.1 Å². The normalized spacial score (nSPS) is 22.8. The van der Waals surface area contributed by atoms with Crippen molar-refractivity contribution in [1.82, 2.24) is 14.5 Å². The number of aliphatic imine (C=N–C) groups is 1. The number of likely N-dealkylation sites (tertiary alicyclic amines) is 1. The summed E-state index contributed by atoms with van der Waals surface area (Å²) in [6, 6.07) is 6.20. The number of amidine groups is 1. The van der Waals surface area contributed by atoms with Crippen molar-refractivity contribution in [3.63, 3.8) is 0 Å². The van der Waals surface area contributed by atoms with Crippen molar-refractivity contribution >= 4 is 39.3 Å². The number of carbonyl (C=O) groups excluding carboxylic acids is 2. The van der Waals surface area contributed by atoms with E-state index in [1.807, 2.05) is 4.90 Å². The van der Waals surface area contributed by atoms with Crippen LogP contribution in [0.2, 0.25) is 5.02 Å². The van der Waals surface area contributed by atoms with Crippen LogP contribution >= 0.6 is 11.6 Å². The van der Waals surface area contributed by atoms with Crippen LogP contribution in [0.4, 0.5) is 0 Å². The molecule has 1 N–H and O–H groups in total. The standard InChI is InChI=1S/C20H25ClN4O4S/c1-14(26)24-9-5-15(6-10-24)18-22-19(27)20(23-18)7-11-25(12-8-20)30(28,29)17-4-2-3-16(21)13-17/h2-4,13,15H,5-12H2,1H3,(H,22,23,27). The first-order valence-electron chi connectivity index (χ1n) is 10.1. The van der Waals surface area contributed by atoms with Crippen molar-refractivity contribution in [3.8, 4) is 0 Å². The molecule has 3 aliphatic rings. The van der Waals surface area contributed by atoms with E-state index in [0.717, 1.165) is 12.8 Å². The van der Waals surface area contributed by atoms with E-state index < -0.39 is 15.6 Å². The molecule has 162 valence electrons. The molecule has 0 aliphatic carbocycles. The molecule has 2 amide bonds. The summed E-state index contributed by atoms with van der Waals surface area (Å²) in [6.07, 6.45) is 2.22. The van der Waals surface area contributed by atoms with E-state index in [2.05, 4.69) is 5.32 Å². The van der Waals surface area contributed by atoms with Gasteiger partial charge < -0.3 is 10.2 Å². The van der Waals surface area contributed by atoms with Gasteiger partial charge in [-0.2, -0.15) is 4.31 Å². The Bertz CT molecular complexity index is 994. The molecule has 1 aromatic rings. The van der Waals surface area contributed by atoms with E-state index in [1.165, 1.54) is 16.4 Å². The van der Waals surface area contributed by atoms with Gasteiger partial charge in [0.2, 0.25) is 15.9 Å². The van der Waals surface area contributed by atoms with Crippen LogP contribution in [0.25, 0.3) is 0 Å². The number of amides is 2. The third kappa shape index (κ3) is 3.86. The molecular formula is C20H25ClN4O4S. The lowest BCUT2D eigenvalue weighted by molar-refractivity contribution is -0.130. The maximum Gasteiger partial charge on any atom is 0.253 e. The SMILES string of the molecule is CC(=O)N1CCC(C2=NC3(CCN(S(=O)(=O)c4cccc(Cl)c4)CC3)C(=O)N2)CC1. The summed E-state index contributed by atoms with van der Waals surface area (Å²) < 4.78 is 27.2. The highest BCUT2D eigenvalue weighted by Gasteiger charge is 2.48. The second kappa shape index (κ2) is 7.94. The molecule has 10 heteroatoms. The minimum absolute atomic E-state index is 0.0654. The summed E-state index contributed by atoms with van der Waals surface area (Å²) in [7, 11) is -3.67. The number of sulfonamides is 1. The Kier molecular flexibility index (Phi) is 5.63. The molecule has 0 radical (unpaired) electrons. The highest BCUT2D eigenvalue weighted by atomic mass is 35.5. The summed E-state index contributed by atoms with van der Waals surface area (Å²) in [4.78, 5) is 31.0. The van der Waals surface area contributed by atoms with E-state index in [-0.39, 0.29) is 35.7 Å². The average molecular weight is 453 g/mol. The lowest BCUT2D eigenvalue weighted by Gasteiger charge is -2.34. The van der Waals surface area contributed by atoms with Crippen LogP contribution in [-0.4, -0.2) is 67.0 Å². The van der Waals surface area contributed by atoms with Gasteiger partial charge in [-0.05, 0) is 43.9 Å². The van der Waals surface area contributed by atoms with Crippen LogP contribution in [0.5, 0.6) is 0 Å². The topological polar surface area (TPSA) is 99.2 Å². The smallest absolute Gasteiger partial charge is 0.253 e. The van der Waals surface area contributed by atoms with Gasteiger partial charge in [0.1, 0.15) is 11.4 Å². The molecule has 1 aromatic carbocycles. The quantitative estimate of drug-likeness (QED) is 0.753. The first-order valence-corrected chi connectivity index (χ1v) is 12.0. The summed E-state index contributed by atoms with van der Waals surface area (Å²) in [5.41, 5.74) is -0.895. The van der Waals surface area contributed by atoms with Gasteiger partial charge in [0.05, 0.1) is 4.90 Å². The summed E-state index contributed by atoms with van der Waals surface area (Å²) >= 11 is 5.95. The zero-order valence-corrected chi connectivity index (χ0v) is 18.4. The van der Waals surface area contributed by atoms with Crippen LogP contribution in [0.15, 0.2) is 34.2 Å².